The lowest BCUT2D eigenvalue weighted by atomic mass is 10.0. The number of hydrogen-bond acceptors (Lipinski definition) is 7. The SMILES string of the molecule is Nc1nc(NC2CCN(C(=O)c3ccc(Cl)nc3)CC2)sc1C(=O)c1c(F)cccc1F. The number of amides is 1. The van der Waals surface area contributed by atoms with Crippen molar-refractivity contribution in [2.45, 2.75) is 18.9 Å². The second-order valence-corrected chi connectivity index (χ2v) is 8.63. The van der Waals surface area contributed by atoms with Gasteiger partial charge in [0.25, 0.3) is 5.91 Å². The second-order valence-electron chi connectivity index (χ2n) is 7.24. The van der Waals surface area contributed by atoms with Crippen LogP contribution in [0.2, 0.25) is 5.15 Å². The van der Waals surface area contributed by atoms with Gasteiger partial charge in [0, 0.05) is 25.3 Å². The summed E-state index contributed by atoms with van der Waals surface area (Å²) in [6.07, 6.45) is 2.75. The Bertz CT molecular complexity index is 1140. The third kappa shape index (κ3) is 4.56. The van der Waals surface area contributed by atoms with Gasteiger partial charge >= 0.3 is 0 Å². The summed E-state index contributed by atoms with van der Waals surface area (Å²) in [5.74, 6) is -2.96. The molecular formula is C21H18ClF2N5O2S. The first-order chi connectivity index (χ1) is 15.3. The molecule has 7 nitrogen and oxygen atoms in total. The lowest BCUT2D eigenvalue weighted by molar-refractivity contribution is 0.0718. The molecule has 0 aliphatic carbocycles. The van der Waals surface area contributed by atoms with Crippen molar-refractivity contribution >= 4 is 45.6 Å². The van der Waals surface area contributed by atoms with Crippen molar-refractivity contribution < 1.29 is 18.4 Å². The van der Waals surface area contributed by atoms with E-state index in [-0.39, 0.29) is 22.6 Å². The standard InChI is InChI=1S/C21H18ClF2N5O2S/c22-15-5-4-11(10-26-15)20(31)29-8-6-12(7-9-29)27-21-28-19(25)18(32-21)17(30)16-13(23)2-1-3-14(16)24/h1-5,10,12H,6-9,25H2,(H,27,28). The van der Waals surface area contributed by atoms with Gasteiger partial charge in [-0.15, -0.1) is 0 Å². The van der Waals surface area contributed by atoms with Gasteiger partial charge in [-0.05, 0) is 37.1 Å². The molecule has 11 heteroatoms. The number of anilines is 2. The fourth-order valence-electron chi connectivity index (χ4n) is 3.47. The number of likely N-dealkylation sites (tertiary alicyclic amines) is 1. The van der Waals surface area contributed by atoms with E-state index in [9.17, 15) is 18.4 Å². The predicted octanol–water partition coefficient (Wildman–Crippen LogP) is 4.00. The van der Waals surface area contributed by atoms with Gasteiger partial charge in [-0.25, -0.2) is 18.7 Å². The maximum absolute atomic E-state index is 14.0. The molecule has 0 saturated carbocycles. The quantitative estimate of drug-likeness (QED) is 0.425. The first kappa shape index (κ1) is 22.1. The van der Waals surface area contributed by atoms with Crippen LogP contribution >= 0.6 is 22.9 Å². The number of pyridine rings is 1. The zero-order valence-corrected chi connectivity index (χ0v) is 18.2. The smallest absolute Gasteiger partial charge is 0.255 e. The average Bonchev–Trinajstić information content (AvgIpc) is 3.14. The number of halogens is 3. The minimum Gasteiger partial charge on any atom is -0.382 e. The molecule has 3 aromatic rings. The third-order valence-electron chi connectivity index (χ3n) is 5.13. The van der Waals surface area contributed by atoms with Crippen LogP contribution in [0.4, 0.5) is 19.7 Å². The monoisotopic (exact) mass is 477 g/mol. The Morgan fingerprint density at radius 1 is 1.16 bits per heavy atom. The Balaban J connectivity index is 1.39. The summed E-state index contributed by atoms with van der Waals surface area (Å²) in [4.78, 5) is 35.0. The van der Waals surface area contributed by atoms with Crippen LogP contribution < -0.4 is 11.1 Å². The van der Waals surface area contributed by atoms with Gasteiger partial charge in [0.15, 0.2) is 5.13 Å². The number of benzene rings is 1. The Hall–Kier alpha value is -3.11. The number of ketones is 1. The largest absolute Gasteiger partial charge is 0.382 e. The number of rotatable bonds is 5. The summed E-state index contributed by atoms with van der Waals surface area (Å²) in [7, 11) is 0. The number of nitrogens with zero attached hydrogens (tertiary/aromatic N) is 3. The van der Waals surface area contributed by atoms with Crippen LogP contribution in [0.25, 0.3) is 0 Å². The summed E-state index contributed by atoms with van der Waals surface area (Å²) in [5, 5.41) is 3.91. The zero-order chi connectivity index (χ0) is 22.8. The van der Waals surface area contributed by atoms with Crippen LogP contribution in [0, 0.1) is 11.6 Å². The topological polar surface area (TPSA) is 101 Å². The van der Waals surface area contributed by atoms with Crippen molar-refractivity contribution in [2.24, 2.45) is 0 Å². The lowest BCUT2D eigenvalue weighted by Gasteiger charge is -2.32. The second kappa shape index (κ2) is 9.17. The first-order valence-electron chi connectivity index (χ1n) is 9.76. The van der Waals surface area contributed by atoms with Crippen molar-refractivity contribution in [2.75, 3.05) is 24.1 Å². The van der Waals surface area contributed by atoms with Crippen LogP contribution in [0.3, 0.4) is 0 Å². The summed E-state index contributed by atoms with van der Waals surface area (Å²) in [6, 6.07) is 6.43. The third-order valence-corrected chi connectivity index (χ3v) is 6.36. The van der Waals surface area contributed by atoms with Gasteiger partial charge in [-0.3, -0.25) is 9.59 Å². The van der Waals surface area contributed by atoms with Crippen molar-refractivity contribution in [3.8, 4) is 0 Å². The molecule has 0 unspecified atom stereocenters. The molecule has 1 aliphatic rings. The van der Waals surface area contributed by atoms with E-state index in [0.717, 1.165) is 23.5 Å². The molecule has 4 rings (SSSR count). The number of carbonyl (C=O) groups is 2. The van der Waals surface area contributed by atoms with Crippen LogP contribution in [0.5, 0.6) is 0 Å². The Morgan fingerprint density at radius 3 is 2.47 bits per heavy atom. The number of nitrogens with one attached hydrogen (secondary N) is 1. The number of nitrogens with two attached hydrogens (primary N) is 1. The molecule has 0 spiro atoms. The van der Waals surface area contributed by atoms with Crippen molar-refractivity contribution in [1.82, 2.24) is 14.9 Å². The highest BCUT2D eigenvalue weighted by atomic mass is 35.5. The fourth-order valence-corrected chi connectivity index (χ4v) is 4.49. The molecule has 1 saturated heterocycles. The molecule has 1 amide bonds. The zero-order valence-electron chi connectivity index (χ0n) is 16.6. The van der Waals surface area contributed by atoms with E-state index >= 15 is 0 Å². The van der Waals surface area contributed by atoms with E-state index in [0.29, 0.717) is 41.8 Å². The van der Waals surface area contributed by atoms with Crippen LogP contribution in [0.1, 0.15) is 38.4 Å². The van der Waals surface area contributed by atoms with E-state index in [1.807, 2.05) is 0 Å². The minimum absolute atomic E-state index is 0.00101. The lowest BCUT2D eigenvalue weighted by Crippen LogP contribution is -2.42. The fraction of sp³-hybridized carbons (Fsp3) is 0.238. The highest BCUT2D eigenvalue weighted by Gasteiger charge is 2.27. The highest BCUT2D eigenvalue weighted by Crippen LogP contribution is 2.30. The highest BCUT2D eigenvalue weighted by molar-refractivity contribution is 7.18. The van der Waals surface area contributed by atoms with Crippen LogP contribution in [0.15, 0.2) is 36.5 Å². The van der Waals surface area contributed by atoms with Crippen LogP contribution in [-0.2, 0) is 0 Å². The van der Waals surface area contributed by atoms with Gasteiger partial charge in [0.1, 0.15) is 27.5 Å². The average molecular weight is 478 g/mol. The number of piperidine rings is 1. The van der Waals surface area contributed by atoms with Crippen molar-refractivity contribution in [3.63, 3.8) is 0 Å². The van der Waals surface area contributed by atoms with Gasteiger partial charge in [0.2, 0.25) is 5.78 Å². The first-order valence-corrected chi connectivity index (χ1v) is 11.0. The van der Waals surface area contributed by atoms with E-state index in [1.165, 1.54) is 12.3 Å². The van der Waals surface area contributed by atoms with E-state index in [1.54, 1.807) is 17.0 Å². The number of aromatic nitrogens is 2. The molecule has 3 N–H and O–H groups in total. The number of carbonyl (C=O) groups excluding carboxylic acids is 2. The number of thiazole rings is 1. The normalized spacial score (nSPS) is 14.4. The minimum atomic E-state index is -0.953. The molecule has 3 heterocycles. The maximum atomic E-state index is 14.0. The molecule has 1 aromatic carbocycles. The molecule has 0 bridgehead atoms. The summed E-state index contributed by atoms with van der Waals surface area (Å²) in [5.41, 5.74) is 5.66. The summed E-state index contributed by atoms with van der Waals surface area (Å²) in [6.45, 7) is 1.04. The molecule has 0 radical (unpaired) electrons. The molecule has 0 atom stereocenters. The van der Waals surface area contributed by atoms with Gasteiger partial charge < -0.3 is 16.0 Å². The molecule has 166 valence electrons. The van der Waals surface area contributed by atoms with Gasteiger partial charge in [0.05, 0.1) is 11.1 Å². The number of nitrogen functional groups attached to an aromatic ring is 1. The van der Waals surface area contributed by atoms with Crippen LogP contribution in [-0.4, -0.2) is 45.7 Å². The van der Waals surface area contributed by atoms with E-state index in [2.05, 4.69) is 15.3 Å². The molecule has 32 heavy (non-hydrogen) atoms. The maximum Gasteiger partial charge on any atom is 0.255 e. The molecular weight excluding hydrogens is 460 g/mol. The molecule has 1 fully saturated rings. The molecule has 2 aromatic heterocycles. The van der Waals surface area contributed by atoms with E-state index in [4.69, 9.17) is 17.3 Å². The Morgan fingerprint density at radius 2 is 1.84 bits per heavy atom. The summed E-state index contributed by atoms with van der Waals surface area (Å²) >= 11 is 6.71. The Labute approximate surface area is 191 Å². The van der Waals surface area contributed by atoms with E-state index < -0.39 is 23.0 Å². The number of hydrogen-bond donors (Lipinski definition) is 2. The predicted molar refractivity (Wildman–Crippen MR) is 118 cm³/mol. The van der Waals surface area contributed by atoms with Gasteiger partial charge in [-0.2, -0.15) is 0 Å². The van der Waals surface area contributed by atoms with Gasteiger partial charge in [-0.1, -0.05) is 29.0 Å². The summed E-state index contributed by atoms with van der Waals surface area (Å²) < 4.78 is 27.9. The Kier molecular flexibility index (Phi) is 6.33. The van der Waals surface area contributed by atoms with Crippen molar-refractivity contribution in [1.29, 1.82) is 0 Å². The van der Waals surface area contributed by atoms with Crippen molar-refractivity contribution in [3.05, 3.63) is 69.3 Å². The molecule has 1 aliphatic heterocycles.